The molecule has 0 fully saturated rings. The number of nitrogens with zero attached hydrogens (tertiary/aromatic N) is 2. The predicted molar refractivity (Wildman–Crippen MR) is 114 cm³/mol. The summed E-state index contributed by atoms with van der Waals surface area (Å²) in [7, 11) is 5.11. The van der Waals surface area contributed by atoms with Gasteiger partial charge >= 0.3 is 0 Å². The lowest BCUT2D eigenvalue weighted by Gasteiger charge is -2.21. The Hall–Kier alpha value is -2.86. The number of hydrogen-bond donors (Lipinski definition) is 2. The van der Waals surface area contributed by atoms with Crippen LogP contribution in [-0.4, -0.2) is 64.2 Å². The molecule has 0 aliphatic heterocycles. The zero-order chi connectivity index (χ0) is 20.2. The van der Waals surface area contributed by atoms with Crippen LogP contribution in [0, 0.1) is 0 Å². The van der Waals surface area contributed by atoms with Gasteiger partial charge in [-0.1, -0.05) is 60.7 Å². The molecule has 28 heavy (non-hydrogen) atoms. The highest BCUT2D eigenvalue weighted by molar-refractivity contribution is 5.84. The Morgan fingerprint density at radius 3 is 2.07 bits per heavy atom. The predicted octanol–water partition coefficient (Wildman–Crippen LogP) is 2.09. The van der Waals surface area contributed by atoms with Crippen molar-refractivity contribution in [3.8, 4) is 0 Å². The molecule has 2 aromatic carbocycles. The van der Waals surface area contributed by atoms with Gasteiger partial charge in [-0.25, -0.2) is 4.99 Å². The van der Waals surface area contributed by atoms with Gasteiger partial charge < -0.3 is 20.3 Å². The summed E-state index contributed by atoms with van der Waals surface area (Å²) in [4.78, 5) is 17.9. The summed E-state index contributed by atoms with van der Waals surface area (Å²) < 4.78 is 5.10. The third kappa shape index (κ3) is 7.04. The van der Waals surface area contributed by atoms with Crippen molar-refractivity contribution in [1.82, 2.24) is 15.5 Å². The molecule has 0 saturated carbocycles. The zero-order valence-corrected chi connectivity index (χ0v) is 16.9. The van der Waals surface area contributed by atoms with Gasteiger partial charge in [0, 0.05) is 40.2 Å². The third-order valence-electron chi connectivity index (χ3n) is 4.35. The molecule has 0 spiro atoms. The number of guanidine groups is 1. The van der Waals surface area contributed by atoms with Gasteiger partial charge in [-0.2, -0.15) is 0 Å². The maximum atomic E-state index is 11.9. The highest BCUT2D eigenvalue weighted by Gasteiger charge is 2.14. The Balaban J connectivity index is 2.13. The first kappa shape index (κ1) is 21.4. The highest BCUT2D eigenvalue weighted by atomic mass is 16.5. The Bertz CT molecular complexity index is 693. The van der Waals surface area contributed by atoms with E-state index in [-0.39, 0.29) is 18.4 Å². The lowest BCUT2D eigenvalue weighted by atomic mass is 9.91. The second-order valence-corrected chi connectivity index (χ2v) is 6.63. The van der Waals surface area contributed by atoms with Crippen LogP contribution in [0.15, 0.2) is 65.7 Å². The van der Waals surface area contributed by atoms with Gasteiger partial charge in [-0.15, -0.1) is 0 Å². The molecular weight excluding hydrogens is 352 g/mol. The molecule has 6 heteroatoms. The number of aliphatic imine (C=N–C) groups is 1. The Morgan fingerprint density at radius 1 is 1.00 bits per heavy atom. The van der Waals surface area contributed by atoms with E-state index in [4.69, 9.17) is 4.74 Å². The van der Waals surface area contributed by atoms with Crippen molar-refractivity contribution >= 4 is 11.9 Å². The van der Waals surface area contributed by atoms with E-state index in [0.717, 1.165) is 0 Å². The van der Waals surface area contributed by atoms with Gasteiger partial charge in [0.1, 0.15) is 6.54 Å². The van der Waals surface area contributed by atoms with Crippen LogP contribution in [0.4, 0.5) is 0 Å². The van der Waals surface area contributed by atoms with Crippen LogP contribution >= 0.6 is 0 Å². The monoisotopic (exact) mass is 382 g/mol. The lowest BCUT2D eigenvalue weighted by Crippen LogP contribution is -2.41. The third-order valence-corrected chi connectivity index (χ3v) is 4.35. The summed E-state index contributed by atoms with van der Waals surface area (Å²) >= 11 is 0. The van der Waals surface area contributed by atoms with Gasteiger partial charge in [-0.05, 0) is 11.1 Å². The standard InChI is InChI=1S/C22H30N4O2/c1-26(2)21(27)17-25-22(23-14-15-28-3)24-16-20(18-10-6-4-7-11-18)19-12-8-5-9-13-19/h4-13,20H,14-17H2,1-3H3,(H2,23,24,25). The molecule has 2 N–H and O–H groups in total. The fourth-order valence-electron chi connectivity index (χ4n) is 2.73. The summed E-state index contributed by atoms with van der Waals surface area (Å²) in [5.74, 6) is 0.723. The van der Waals surface area contributed by atoms with E-state index >= 15 is 0 Å². The average molecular weight is 383 g/mol. The Morgan fingerprint density at radius 2 is 1.57 bits per heavy atom. The van der Waals surface area contributed by atoms with Crippen molar-refractivity contribution in [2.24, 2.45) is 4.99 Å². The first-order chi connectivity index (χ1) is 13.6. The maximum absolute atomic E-state index is 11.9. The van der Waals surface area contributed by atoms with E-state index in [9.17, 15) is 4.79 Å². The minimum Gasteiger partial charge on any atom is -0.383 e. The second kappa shape index (κ2) is 11.8. The van der Waals surface area contributed by atoms with E-state index in [1.54, 1.807) is 21.2 Å². The summed E-state index contributed by atoms with van der Waals surface area (Å²) in [6, 6.07) is 20.7. The number of benzene rings is 2. The van der Waals surface area contributed by atoms with Crippen molar-refractivity contribution in [3.05, 3.63) is 71.8 Å². The normalized spacial score (nSPS) is 11.4. The molecule has 0 aromatic heterocycles. The molecule has 150 valence electrons. The molecule has 0 aliphatic rings. The van der Waals surface area contributed by atoms with Crippen molar-refractivity contribution in [1.29, 1.82) is 0 Å². The number of hydrogen-bond acceptors (Lipinski definition) is 3. The molecule has 0 heterocycles. The lowest BCUT2D eigenvalue weighted by molar-refractivity contribution is -0.127. The quantitative estimate of drug-likeness (QED) is 0.396. The summed E-state index contributed by atoms with van der Waals surface area (Å²) in [5, 5.41) is 6.60. The van der Waals surface area contributed by atoms with E-state index in [2.05, 4.69) is 39.9 Å². The number of methoxy groups -OCH3 is 1. The highest BCUT2D eigenvalue weighted by Crippen LogP contribution is 2.23. The van der Waals surface area contributed by atoms with E-state index < -0.39 is 0 Å². The van der Waals surface area contributed by atoms with E-state index in [0.29, 0.717) is 25.7 Å². The molecule has 1 amide bonds. The average Bonchev–Trinajstić information content (AvgIpc) is 2.73. The van der Waals surface area contributed by atoms with E-state index in [1.807, 2.05) is 36.4 Å². The van der Waals surface area contributed by atoms with Gasteiger partial charge in [0.05, 0.1) is 6.61 Å². The molecule has 0 saturated heterocycles. The van der Waals surface area contributed by atoms with Crippen molar-refractivity contribution in [2.75, 3.05) is 47.4 Å². The fourth-order valence-corrected chi connectivity index (χ4v) is 2.73. The summed E-state index contributed by atoms with van der Waals surface area (Å²) in [6.07, 6.45) is 0. The number of amides is 1. The fraction of sp³-hybridized carbons (Fsp3) is 0.364. The molecule has 6 nitrogen and oxygen atoms in total. The molecule has 2 rings (SSSR count). The SMILES string of the molecule is COCCNC(=NCC(=O)N(C)C)NCC(c1ccccc1)c1ccccc1. The van der Waals surface area contributed by atoms with Gasteiger partial charge in [0.2, 0.25) is 5.91 Å². The van der Waals surface area contributed by atoms with Crippen LogP contribution in [0.3, 0.4) is 0 Å². The Kier molecular flexibility index (Phi) is 9.01. The number of nitrogens with one attached hydrogen (secondary N) is 2. The van der Waals surface area contributed by atoms with Crippen LogP contribution in [0.2, 0.25) is 0 Å². The Labute approximate surface area is 167 Å². The zero-order valence-electron chi connectivity index (χ0n) is 16.9. The number of carbonyl (C=O) groups excluding carboxylic acids is 1. The minimum atomic E-state index is -0.0458. The van der Waals surface area contributed by atoms with Gasteiger partial charge in [0.15, 0.2) is 5.96 Å². The number of ether oxygens (including phenoxy) is 1. The summed E-state index contributed by atoms with van der Waals surface area (Å²) in [6.45, 7) is 1.92. The van der Waals surface area contributed by atoms with Crippen molar-refractivity contribution in [2.45, 2.75) is 5.92 Å². The van der Waals surface area contributed by atoms with Crippen LogP contribution in [0.1, 0.15) is 17.0 Å². The van der Waals surface area contributed by atoms with Gasteiger partial charge in [0.25, 0.3) is 0 Å². The molecule has 0 unspecified atom stereocenters. The largest absolute Gasteiger partial charge is 0.383 e. The topological polar surface area (TPSA) is 66.0 Å². The van der Waals surface area contributed by atoms with Crippen LogP contribution in [0.25, 0.3) is 0 Å². The molecule has 0 atom stereocenters. The smallest absolute Gasteiger partial charge is 0.243 e. The maximum Gasteiger partial charge on any atom is 0.243 e. The molecule has 0 aliphatic carbocycles. The van der Waals surface area contributed by atoms with Crippen molar-refractivity contribution < 1.29 is 9.53 Å². The van der Waals surface area contributed by atoms with Crippen LogP contribution in [-0.2, 0) is 9.53 Å². The molecular formula is C22H30N4O2. The molecule has 2 aromatic rings. The van der Waals surface area contributed by atoms with Crippen LogP contribution < -0.4 is 10.6 Å². The number of likely N-dealkylation sites (N-methyl/N-ethyl adjacent to an activating group) is 1. The first-order valence-corrected chi connectivity index (χ1v) is 9.43. The molecule has 0 bridgehead atoms. The minimum absolute atomic E-state index is 0.0458. The second-order valence-electron chi connectivity index (χ2n) is 6.63. The molecule has 0 radical (unpaired) electrons. The van der Waals surface area contributed by atoms with Crippen LogP contribution in [0.5, 0.6) is 0 Å². The number of carbonyl (C=O) groups is 1. The van der Waals surface area contributed by atoms with E-state index in [1.165, 1.54) is 16.0 Å². The summed E-state index contributed by atoms with van der Waals surface area (Å²) in [5.41, 5.74) is 2.45. The van der Waals surface area contributed by atoms with Crippen molar-refractivity contribution in [3.63, 3.8) is 0 Å². The van der Waals surface area contributed by atoms with Gasteiger partial charge in [-0.3, -0.25) is 4.79 Å². The first-order valence-electron chi connectivity index (χ1n) is 9.43. The number of rotatable bonds is 9.